The maximum absolute atomic E-state index is 12.8. The summed E-state index contributed by atoms with van der Waals surface area (Å²) >= 11 is 9.59. The first-order valence-corrected chi connectivity index (χ1v) is 7.23. The van der Waals surface area contributed by atoms with Crippen molar-refractivity contribution in [3.05, 3.63) is 67.9 Å². The van der Waals surface area contributed by atoms with Crippen molar-refractivity contribution in [2.24, 2.45) is 0 Å². The van der Waals surface area contributed by atoms with E-state index in [9.17, 15) is 4.79 Å². The first-order chi connectivity index (χ1) is 9.59. The van der Waals surface area contributed by atoms with Crippen LogP contribution in [0.4, 0.5) is 0 Å². The number of hydrogen-bond acceptors (Lipinski definition) is 2. The predicted molar refractivity (Wildman–Crippen MR) is 85.4 cm³/mol. The molecule has 0 aliphatic carbocycles. The van der Waals surface area contributed by atoms with Gasteiger partial charge in [-0.1, -0.05) is 46.3 Å². The first kappa shape index (κ1) is 13.4. The summed E-state index contributed by atoms with van der Waals surface area (Å²) in [6.45, 7) is 1.88. The van der Waals surface area contributed by atoms with E-state index in [0.29, 0.717) is 16.5 Å². The maximum Gasteiger partial charge on any atom is 0.205 e. The SMILES string of the molecule is Cc1c(Br)ccc2oc(Cl)c(-c3ccccc3)c(=O)c12. The highest BCUT2D eigenvalue weighted by Gasteiger charge is 2.16. The van der Waals surface area contributed by atoms with Gasteiger partial charge in [0.2, 0.25) is 10.6 Å². The molecule has 1 heterocycles. The van der Waals surface area contributed by atoms with E-state index in [1.165, 1.54) is 0 Å². The molecular formula is C16H10BrClO2. The summed E-state index contributed by atoms with van der Waals surface area (Å²) in [6.07, 6.45) is 0. The van der Waals surface area contributed by atoms with E-state index >= 15 is 0 Å². The van der Waals surface area contributed by atoms with Crippen molar-refractivity contribution < 1.29 is 4.42 Å². The standard InChI is InChI=1S/C16H10BrClO2/c1-9-11(17)7-8-12-13(9)15(19)14(16(18)20-12)10-5-3-2-4-6-10/h2-8H,1H3. The van der Waals surface area contributed by atoms with Crippen molar-refractivity contribution in [1.29, 1.82) is 0 Å². The molecule has 0 saturated heterocycles. The van der Waals surface area contributed by atoms with E-state index in [1.54, 1.807) is 6.07 Å². The normalized spacial score (nSPS) is 10.9. The highest BCUT2D eigenvalue weighted by molar-refractivity contribution is 9.10. The Hall–Kier alpha value is -1.58. The Morgan fingerprint density at radius 3 is 2.50 bits per heavy atom. The summed E-state index contributed by atoms with van der Waals surface area (Å²) in [7, 11) is 0. The van der Waals surface area contributed by atoms with Crippen molar-refractivity contribution >= 4 is 38.5 Å². The van der Waals surface area contributed by atoms with Crippen LogP contribution in [0.15, 0.2) is 56.1 Å². The molecule has 3 rings (SSSR count). The van der Waals surface area contributed by atoms with Gasteiger partial charge in [0.05, 0.1) is 10.9 Å². The minimum absolute atomic E-state index is 0.110. The van der Waals surface area contributed by atoms with Gasteiger partial charge in [0.15, 0.2) is 0 Å². The number of aryl methyl sites for hydroxylation is 1. The molecule has 0 aliphatic rings. The molecule has 100 valence electrons. The molecule has 0 bridgehead atoms. The van der Waals surface area contributed by atoms with Crippen molar-refractivity contribution in [2.75, 3.05) is 0 Å². The molecule has 0 spiro atoms. The van der Waals surface area contributed by atoms with Gasteiger partial charge >= 0.3 is 0 Å². The molecule has 0 amide bonds. The van der Waals surface area contributed by atoms with Gasteiger partial charge in [-0.15, -0.1) is 0 Å². The molecule has 3 aromatic rings. The largest absolute Gasteiger partial charge is 0.444 e. The monoisotopic (exact) mass is 348 g/mol. The Kier molecular flexibility index (Phi) is 3.40. The second kappa shape index (κ2) is 5.08. The zero-order valence-electron chi connectivity index (χ0n) is 10.6. The molecule has 2 nitrogen and oxygen atoms in total. The fourth-order valence-electron chi connectivity index (χ4n) is 2.24. The Bertz CT molecular complexity index is 854. The van der Waals surface area contributed by atoms with Crippen LogP contribution in [0.2, 0.25) is 5.22 Å². The molecular weight excluding hydrogens is 340 g/mol. The summed E-state index contributed by atoms with van der Waals surface area (Å²) < 4.78 is 6.48. The maximum atomic E-state index is 12.8. The van der Waals surface area contributed by atoms with Gasteiger partial charge in [-0.2, -0.15) is 0 Å². The van der Waals surface area contributed by atoms with Crippen LogP contribution >= 0.6 is 27.5 Å². The Morgan fingerprint density at radius 1 is 1.10 bits per heavy atom. The predicted octanol–water partition coefficient (Wildman–Crippen LogP) is 5.18. The highest BCUT2D eigenvalue weighted by atomic mass is 79.9. The van der Waals surface area contributed by atoms with Crippen LogP contribution in [0.25, 0.3) is 22.1 Å². The first-order valence-electron chi connectivity index (χ1n) is 6.06. The van der Waals surface area contributed by atoms with Gasteiger partial charge in [-0.05, 0) is 41.8 Å². The topological polar surface area (TPSA) is 30.2 Å². The minimum atomic E-state index is -0.110. The lowest BCUT2D eigenvalue weighted by Crippen LogP contribution is -2.07. The molecule has 20 heavy (non-hydrogen) atoms. The molecule has 0 saturated carbocycles. The summed E-state index contributed by atoms with van der Waals surface area (Å²) in [5, 5.41) is 0.679. The molecule has 0 N–H and O–H groups in total. The van der Waals surface area contributed by atoms with Crippen LogP contribution < -0.4 is 5.43 Å². The summed E-state index contributed by atoms with van der Waals surface area (Å²) in [5.41, 5.74) is 2.40. The third kappa shape index (κ3) is 2.07. The van der Waals surface area contributed by atoms with Gasteiger partial charge in [-0.3, -0.25) is 4.79 Å². The lowest BCUT2D eigenvalue weighted by molar-refractivity contribution is 0.606. The van der Waals surface area contributed by atoms with Gasteiger partial charge in [-0.25, -0.2) is 0 Å². The van der Waals surface area contributed by atoms with Crippen LogP contribution in [-0.2, 0) is 0 Å². The summed E-state index contributed by atoms with van der Waals surface area (Å²) in [4.78, 5) is 12.8. The number of halogens is 2. The van der Waals surface area contributed by atoms with E-state index in [-0.39, 0.29) is 10.6 Å². The molecule has 4 heteroatoms. The quantitative estimate of drug-likeness (QED) is 0.605. The fraction of sp³-hybridized carbons (Fsp3) is 0.0625. The van der Waals surface area contributed by atoms with E-state index in [4.69, 9.17) is 16.0 Å². The van der Waals surface area contributed by atoms with Gasteiger partial charge in [0.1, 0.15) is 5.58 Å². The number of benzene rings is 2. The Morgan fingerprint density at radius 2 is 1.80 bits per heavy atom. The molecule has 0 fully saturated rings. The molecule has 0 aliphatic heterocycles. The second-order valence-electron chi connectivity index (χ2n) is 4.49. The average Bonchev–Trinajstić information content (AvgIpc) is 2.44. The second-order valence-corrected chi connectivity index (χ2v) is 5.69. The van der Waals surface area contributed by atoms with Gasteiger partial charge in [0.25, 0.3) is 0 Å². The molecule has 0 unspecified atom stereocenters. The molecule has 2 aromatic carbocycles. The van der Waals surface area contributed by atoms with Gasteiger partial charge in [0, 0.05) is 4.47 Å². The van der Waals surface area contributed by atoms with E-state index < -0.39 is 0 Å². The van der Waals surface area contributed by atoms with Crippen molar-refractivity contribution in [3.63, 3.8) is 0 Å². The molecule has 0 radical (unpaired) electrons. The van der Waals surface area contributed by atoms with Crippen LogP contribution in [0.1, 0.15) is 5.56 Å². The van der Waals surface area contributed by atoms with Crippen LogP contribution in [0.5, 0.6) is 0 Å². The van der Waals surface area contributed by atoms with Crippen molar-refractivity contribution in [1.82, 2.24) is 0 Å². The summed E-state index contributed by atoms with van der Waals surface area (Å²) in [5.74, 6) is 0. The van der Waals surface area contributed by atoms with Crippen LogP contribution in [-0.4, -0.2) is 0 Å². The average molecular weight is 350 g/mol. The molecule has 0 atom stereocenters. The van der Waals surface area contributed by atoms with E-state index in [0.717, 1.165) is 15.6 Å². The number of hydrogen-bond donors (Lipinski definition) is 0. The zero-order chi connectivity index (χ0) is 14.3. The lowest BCUT2D eigenvalue weighted by Gasteiger charge is -2.08. The van der Waals surface area contributed by atoms with Crippen molar-refractivity contribution in [2.45, 2.75) is 6.92 Å². The summed E-state index contributed by atoms with van der Waals surface area (Å²) in [6, 6.07) is 12.9. The highest BCUT2D eigenvalue weighted by Crippen LogP contribution is 2.31. The van der Waals surface area contributed by atoms with Gasteiger partial charge < -0.3 is 4.42 Å². The van der Waals surface area contributed by atoms with E-state index in [2.05, 4.69) is 15.9 Å². The van der Waals surface area contributed by atoms with Crippen LogP contribution in [0.3, 0.4) is 0 Å². The van der Waals surface area contributed by atoms with E-state index in [1.807, 2.05) is 43.3 Å². The number of rotatable bonds is 1. The Labute approximate surface area is 129 Å². The molecule has 1 aromatic heterocycles. The Balaban J connectivity index is 2.46. The third-order valence-electron chi connectivity index (χ3n) is 3.27. The van der Waals surface area contributed by atoms with Crippen LogP contribution in [0, 0.1) is 6.92 Å². The third-order valence-corrected chi connectivity index (χ3v) is 4.40. The number of fused-ring (bicyclic) bond motifs is 1. The fourth-order valence-corrected chi connectivity index (χ4v) is 2.85. The minimum Gasteiger partial charge on any atom is -0.444 e. The lowest BCUT2D eigenvalue weighted by atomic mass is 10.0. The smallest absolute Gasteiger partial charge is 0.205 e. The zero-order valence-corrected chi connectivity index (χ0v) is 13.0. The van der Waals surface area contributed by atoms with Crippen molar-refractivity contribution in [3.8, 4) is 11.1 Å².